The Labute approximate surface area is 70.5 Å². The number of rotatable bonds is 2. The van der Waals surface area contributed by atoms with Crippen molar-refractivity contribution in [2.75, 3.05) is 7.11 Å². The van der Waals surface area contributed by atoms with Gasteiger partial charge in [0.1, 0.15) is 0 Å². The third-order valence-corrected chi connectivity index (χ3v) is 2.44. The molecule has 2 atom stereocenters. The van der Waals surface area contributed by atoms with Crippen LogP contribution in [0.4, 0.5) is 13.5 Å². The van der Waals surface area contributed by atoms with Crippen molar-refractivity contribution in [1.82, 2.24) is 0 Å². The Hall–Kier alpha value is -0.250. The summed E-state index contributed by atoms with van der Waals surface area (Å²) in [7, 11) is 1.07. The highest BCUT2D eigenvalue weighted by atomic mass is 19.3. The Kier molecular flexibility index (Phi) is 4.03. The molecule has 0 bridgehead atoms. The van der Waals surface area contributed by atoms with E-state index in [2.05, 4.69) is 4.74 Å². The second kappa shape index (κ2) is 4.12. The van der Waals surface area contributed by atoms with Gasteiger partial charge in [-0.3, -0.25) is 4.70 Å². The van der Waals surface area contributed by atoms with E-state index in [4.69, 9.17) is 0 Å². The molecule has 0 heterocycles. The molecule has 0 N–H and O–H groups in total. The molecule has 1 rings (SSSR count). The molecule has 74 valence electrons. The van der Waals surface area contributed by atoms with Gasteiger partial charge in [-0.25, -0.2) is 0 Å². The first kappa shape index (κ1) is 11.8. The molecular weight excluding hydrogens is 169 g/mol. The predicted octanol–water partition coefficient (Wildman–Crippen LogP) is 2.81. The third kappa shape index (κ3) is 2.37. The van der Waals surface area contributed by atoms with Crippen LogP contribution in [0.25, 0.3) is 0 Å². The average Bonchev–Trinajstić information content (AvgIpc) is 2.36. The van der Waals surface area contributed by atoms with Crippen molar-refractivity contribution in [3.8, 4) is 0 Å². The van der Waals surface area contributed by atoms with Crippen LogP contribution >= 0.6 is 0 Å². The highest BCUT2D eigenvalue weighted by Crippen LogP contribution is 2.40. The number of halogens is 3. The average molecular weight is 184 g/mol. The van der Waals surface area contributed by atoms with Gasteiger partial charge in [0.2, 0.25) is 0 Å². The van der Waals surface area contributed by atoms with Gasteiger partial charge in [-0.2, -0.15) is 8.78 Å². The molecule has 0 aromatic rings. The van der Waals surface area contributed by atoms with Crippen LogP contribution in [0, 0.1) is 11.8 Å². The Morgan fingerprint density at radius 3 is 2.25 bits per heavy atom. The van der Waals surface area contributed by atoms with Crippen LogP contribution in [-0.2, 0) is 4.74 Å². The van der Waals surface area contributed by atoms with E-state index in [1.165, 1.54) is 0 Å². The minimum atomic E-state index is -2.90. The number of hydrogen-bond acceptors (Lipinski definition) is 1. The largest absolute Gasteiger partial charge is 0.358 e. The van der Waals surface area contributed by atoms with Gasteiger partial charge in [-0.05, 0) is 18.8 Å². The second-order valence-electron chi connectivity index (χ2n) is 3.38. The normalized spacial score (nSPS) is 30.0. The molecule has 2 unspecified atom stereocenters. The van der Waals surface area contributed by atoms with Crippen molar-refractivity contribution in [2.24, 2.45) is 11.8 Å². The summed E-state index contributed by atoms with van der Waals surface area (Å²) in [5.74, 6) is -0.122. The SMILES string of the molecule is COC(F)(F)C1CCC(C)C1.F. The zero-order chi connectivity index (χ0) is 8.48. The molecule has 0 radical (unpaired) electrons. The van der Waals surface area contributed by atoms with Crippen LogP contribution in [0.15, 0.2) is 0 Å². The Morgan fingerprint density at radius 2 is 1.92 bits per heavy atom. The van der Waals surface area contributed by atoms with Gasteiger partial charge in [0.05, 0.1) is 5.92 Å². The first-order valence-corrected chi connectivity index (χ1v) is 3.99. The van der Waals surface area contributed by atoms with Gasteiger partial charge in [0.25, 0.3) is 0 Å². The summed E-state index contributed by atoms with van der Waals surface area (Å²) in [5.41, 5.74) is 0. The molecule has 0 spiro atoms. The molecule has 0 aromatic carbocycles. The zero-order valence-corrected chi connectivity index (χ0v) is 7.35. The predicted molar refractivity (Wildman–Crippen MR) is 41.0 cm³/mol. The molecule has 1 nitrogen and oxygen atoms in total. The van der Waals surface area contributed by atoms with Crippen molar-refractivity contribution in [3.05, 3.63) is 0 Å². The smallest absolute Gasteiger partial charge is 0.324 e. The van der Waals surface area contributed by atoms with Crippen molar-refractivity contribution < 1.29 is 18.2 Å². The Morgan fingerprint density at radius 1 is 1.33 bits per heavy atom. The number of hydrogen-bond donors (Lipinski definition) is 0. The fourth-order valence-corrected chi connectivity index (χ4v) is 1.68. The number of ether oxygens (including phenoxy) is 1. The van der Waals surface area contributed by atoms with Gasteiger partial charge >= 0.3 is 6.11 Å². The van der Waals surface area contributed by atoms with E-state index in [9.17, 15) is 8.78 Å². The van der Waals surface area contributed by atoms with Crippen molar-refractivity contribution >= 4 is 0 Å². The molecule has 4 heteroatoms. The summed E-state index contributed by atoms with van der Waals surface area (Å²) in [6.07, 6.45) is -0.794. The topological polar surface area (TPSA) is 9.23 Å². The lowest BCUT2D eigenvalue weighted by Crippen LogP contribution is -2.28. The lowest BCUT2D eigenvalue weighted by molar-refractivity contribution is -0.255. The molecule has 0 saturated heterocycles. The molecule has 0 aromatic heterocycles. The van der Waals surface area contributed by atoms with Gasteiger partial charge in [0, 0.05) is 7.11 Å². The Balaban J connectivity index is 0.00000121. The summed E-state index contributed by atoms with van der Waals surface area (Å²) in [4.78, 5) is 0. The molecule has 1 saturated carbocycles. The van der Waals surface area contributed by atoms with Gasteiger partial charge in [-0.1, -0.05) is 13.3 Å². The lowest BCUT2D eigenvalue weighted by Gasteiger charge is -2.20. The summed E-state index contributed by atoms with van der Waals surface area (Å²) < 4.78 is 29.8. The molecular formula is C8H15F3O. The van der Waals surface area contributed by atoms with E-state index in [0.29, 0.717) is 18.8 Å². The van der Waals surface area contributed by atoms with Crippen LogP contribution < -0.4 is 0 Å². The number of alkyl halides is 2. The maximum absolute atomic E-state index is 12.8. The van der Waals surface area contributed by atoms with Gasteiger partial charge < -0.3 is 4.74 Å². The third-order valence-electron chi connectivity index (χ3n) is 2.44. The van der Waals surface area contributed by atoms with Crippen LogP contribution in [0.3, 0.4) is 0 Å². The van der Waals surface area contributed by atoms with Gasteiger partial charge in [-0.15, -0.1) is 0 Å². The summed E-state index contributed by atoms with van der Waals surface area (Å²) in [6.45, 7) is 2.01. The zero-order valence-electron chi connectivity index (χ0n) is 7.35. The first-order valence-electron chi connectivity index (χ1n) is 3.99. The summed E-state index contributed by atoms with van der Waals surface area (Å²) >= 11 is 0. The summed E-state index contributed by atoms with van der Waals surface area (Å²) in [6, 6.07) is 0. The molecule has 12 heavy (non-hydrogen) atoms. The van der Waals surface area contributed by atoms with Crippen LogP contribution in [-0.4, -0.2) is 13.2 Å². The fraction of sp³-hybridized carbons (Fsp3) is 1.00. The maximum Gasteiger partial charge on any atom is 0.358 e. The monoisotopic (exact) mass is 184 g/mol. The second-order valence-corrected chi connectivity index (χ2v) is 3.38. The van der Waals surface area contributed by atoms with E-state index < -0.39 is 12.0 Å². The van der Waals surface area contributed by atoms with Crippen LogP contribution in [0.1, 0.15) is 26.2 Å². The fourth-order valence-electron chi connectivity index (χ4n) is 1.68. The molecule has 1 aliphatic carbocycles. The highest BCUT2D eigenvalue weighted by molar-refractivity contribution is 4.78. The number of methoxy groups -OCH3 is 1. The van der Waals surface area contributed by atoms with Gasteiger partial charge in [0.15, 0.2) is 0 Å². The van der Waals surface area contributed by atoms with Crippen LogP contribution in [0.2, 0.25) is 0 Å². The van der Waals surface area contributed by atoms with E-state index >= 15 is 0 Å². The van der Waals surface area contributed by atoms with Crippen LogP contribution in [0.5, 0.6) is 0 Å². The quantitative estimate of drug-likeness (QED) is 0.641. The minimum absolute atomic E-state index is 0. The van der Waals surface area contributed by atoms with Crippen molar-refractivity contribution in [3.63, 3.8) is 0 Å². The maximum atomic E-state index is 12.8. The van der Waals surface area contributed by atoms with E-state index in [0.717, 1.165) is 13.5 Å². The lowest BCUT2D eigenvalue weighted by atomic mass is 10.1. The van der Waals surface area contributed by atoms with Crippen molar-refractivity contribution in [2.45, 2.75) is 32.3 Å². The van der Waals surface area contributed by atoms with E-state index in [1.54, 1.807) is 0 Å². The highest BCUT2D eigenvalue weighted by Gasteiger charge is 2.42. The van der Waals surface area contributed by atoms with E-state index in [-0.39, 0.29) is 4.70 Å². The standard InChI is InChI=1S/C8H14F2O.FH/c1-6-3-4-7(5-6)8(9,10)11-2;/h6-7H,3-5H2,1-2H3;1H. The minimum Gasteiger partial charge on any atom is -0.324 e. The molecule has 0 aliphatic heterocycles. The first-order chi connectivity index (χ1) is 5.06. The van der Waals surface area contributed by atoms with E-state index in [1.807, 2.05) is 6.92 Å². The molecule has 1 fully saturated rings. The van der Waals surface area contributed by atoms with Crippen molar-refractivity contribution in [1.29, 1.82) is 0 Å². The summed E-state index contributed by atoms with van der Waals surface area (Å²) in [5, 5.41) is 0. The Bertz CT molecular complexity index is 138. The molecule has 1 aliphatic rings. The molecule has 0 amide bonds.